The van der Waals surface area contributed by atoms with E-state index in [0.29, 0.717) is 11.5 Å². The molecule has 28 heavy (non-hydrogen) atoms. The minimum atomic E-state index is -1.23. The molecule has 3 aromatic rings. The van der Waals surface area contributed by atoms with Gasteiger partial charge in [0.15, 0.2) is 14.3 Å². The molecule has 0 spiro atoms. The van der Waals surface area contributed by atoms with Gasteiger partial charge in [-0.2, -0.15) is 0 Å². The normalized spacial score (nSPS) is 19.9. The Labute approximate surface area is 168 Å². The predicted octanol–water partition coefficient (Wildman–Crippen LogP) is 5.28. The van der Waals surface area contributed by atoms with Crippen molar-refractivity contribution in [1.29, 1.82) is 0 Å². The van der Waals surface area contributed by atoms with Crippen LogP contribution in [0.25, 0.3) is 11.1 Å². The quantitative estimate of drug-likeness (QED) is 0.600. The number of anilines is 1. The van der Waals surface area contributed by atoms with E-state index in [4.69, 9.17) is 0 Å². The molecule has 0 aliphatic carbocycles. The van der Waals surface area contributed by atoms with Crippen LogP contribution in [0.2, 0.25) is 5.54 Å². The summed E-state index contributed by atoms with van der Waals surface area (Å²) in [6, 6.07) is 28.9. The smallest absolute Gasteiger partial charge is 0.196 e. The predicted molar refractivity (Wildman–Crippen MR) is 118 cm³/mol. The Morgan fingerprint density at radius 1 is 0.929 bits per heavy atom. The fourth-order valence-corrected chi connectivity index (χ4v) is 6.37. The van der Waals surface area contributed by atoms with Crippen molar-refractivity contribution in [3.05, 3.63) is 90.5 Å². The van der Waals surface area contributed by atoms with Crippen LogP contribution >= 0.6 is 0 Å². The Balaban J connectivity index is 1.49. The van der Waals surface area contributed by atoms with E-state index in [1.165, 1.54) is 5.56 Å². The molecular formula is C24H25N2OSi. The zero-order chi connectivity index (χ0) is 19.3. The summed E-state index contributed by atoms with van der Waals surface area (Å²) in [7, 11) is -1.23. The Hall–Kier alpha value is -2.69. The van der Waals surface area contributed by atoms with Gasteiger partial charge in [-0.25, -0.2) is 0 Å². The summed E-state index contributed by atoms with van der Waals surface area (Å²) in [6.45, 7) is 3.18. The van der Waals surface area contributed by atoms with Crippen LogP contribution in [0.1, 0.15) is 18.4 Å². The average Bonchev–Trinajstić information content (AvgIpc) is 2.75. The fourth-order valence-electron chi connectivity index (χ4n) is 3.96. The highest BCUT2D eigenvalue weighted by Gasteiger charge is 2.37. The van der Waals surface area contributed by atoms with Crippen LogP contribution in [0.5, 0.6) is 0 Å². The van der Waals surface area contributed by atoms with Crippen molar-refractivity contribution in [1.82, 2.24) is 5.32 Å². The van der Waals surface area contributed by atoms with Crippen LogP contribution in [-0.2, 0) is 0 Å². The molecule has 3 aromatic carbocycles. The summed E-state index contributed by atoms with van der Waals surface area (Å²) < 4.78 is 0. The monoisotopic (exact) mass is 385 g/mol. The van der Waals surface area contributed by atoms with E-state index in [-0.39, 0.29) is 5.53 Å². The maximum Gasteiger partial charge on any atom is 0.196 e. The van der Waals surface area contributed by atoms with E-state index in [0.717, 1.165) is 29.5 Å². The molecule has 2 N–H and O–H groups in total. The third-order valence-electron chi connectivity index (χ3n) is 5.58. The molecule has 0 aromatic heterocycles. The lowest BCUT2D eigenvalue weighted by atomic mass is 9.96. The molecule has 3 nitrogen and oxygen atoms in total. The van der Waals surface area contributed by atoms with Gasteiger partial charge in [-0.05, 0) is 46.5 Å². The molecule has 1 aliphatic heterocycles. The van der Waals surface area contributed by atoms with E-state index in [2.05, 4.69) is 66.1 Å². The van der Waals surface area contributed by atoms with Gasteiger partial charge in [-0.15, -0.1) is 0 Å². The van der Waals surface area contributed by atoms with Gasteiger partial charge in [0, 0.05) is 12.2 Å². The van der Waals surface area contributed by atoms with Crippen LogP contribution < -0.4 is 10.6 Å². The Morgan fingerprint density at radius 3 is 2.36 bits per heavy atom. The van der Waals surface area contributed by atoms with E-state index in [9.17, 15) is 4.79 Å². The second kappa shape index (κ2) is 8.55. The number of hydrogen-bond donors (Lipinski definition) is 2. The highest BCUT2D eigenvalue weighted by Crippen LogP contribution is 2.34. The van der Waals surface area contributed by atoms with Gasteiger partial charge in [-0.1, -0.05) is 79.7 Å². The van der Waals surface area contributed by atoms with Crippen molar-refractivity contribution < 1.29 is 4.79 Å². The first-order valence-electron chi connectivity index (χ1n) is 9.80. The number of nitrogens with one attached hydrogen (secondary N) is 2. The van der Waals surface area contributed by atoms with Gasteiger partial charge in [0.05, 0.1) is 0 Å². The molecule has 1 unspecified atom stereocenters. The highest BCUT2D eigenvalue weighted by atomic mass is 28.3. The lowest BCUT2D eigenvalue weighted by Gasteiger charge is -2.34. The summed E-state index contributed by atoms with van der Waals surface area (Å²) in [5, 5.41) is 6.69. The standard InChI is InChI=1S/C24H25N2OSi/c1-18-23(20-11-6-3-7-12-20)16-25-17-28(18)24(27)26-22-14-8-13-21(15-22)19-9-4-2-5-10-19/h2-15,18,23,25H,16-17H2,1H3,(H,26,27)/t18?,23-/m1/s1. The summed E-state index contributed by atoms with van der Waals surface area (Å²) in [5.74, 6) is 0.394. The lowest BCUT2D eigenvalue weighted by molar-refractivity contribution is 0.267. The lowest BCUT2D eigenvalue weighted by Crippen LogP contribution is -2.51. The number of carbonyl (C=O) groups is 1. The van der Waals surface area contributed by atoms with Crippen LogP contribution in [0, 0.1) is 0 Å². The van der Waals surface area contributed by atoms with Gasteiger partial charge in [0.25, 0.3) is 0 Å². The van der Waals surface area contributed by atoms with Gasteiger partial charge in [-0.3, -0.25) is 4.79 Å². The van der Waals surface area contributed by atoms with Gasteiger partial charge < -0.3 is 10.6 Å². The van der Waals surface area contributed by atoms with Gasteiger partial charge >= 0.3 is 0 Å². The van der Waals surface area contributed by atoms with Crippen LogP contribution in [0.15, 0.2) is 84.9 Å². The summed E-state index contributed by atoms with van der Waals surface area (Å²) >= 11 is 0. The first kappa shape index (κ1) is 18.7. The van der Waals surface area contributed by atoms with Crippen LogP contribution in [0.3, 0.4) is 0 Å². The molecule has 141 valence electrons. The van der Waals surface area contributed by atoms with Crippen molar-refractivity contribution in [3.8, 4) is 11.1 Å². The number of amides is 1. The number of rotatable bonds is 4. The maximum absolute atomic E-state index is 13.1. The first-order chi connectivity index (χ1) is 13.7. The summed E-state index contributed by atoms with van der Waals surface area (Å²) in [4.78, 5) is 13.1. The molecule has 0 bridgehead atoms. The van der Waals surface area contributed by atoms with Gasteiger partial charge in [0.2, 0.25) is 0 Å². The molecule has 1 amide bonds. The summed E-state index contributed by atoms with van der Waals surface area (Å²) in [5.41, 5.74) is 5.04. The number of carbonyl (C=O) groups excluding carboxylic acids is 1. The van der Waals surface area contributed by atoms with Crippen LogP contribution in [-0.4, -0.2) is 27.0 Å². The highest BCUT2D eigenvalue weighted by molar-refractivity contribution is 6.92. The van der Waals surface area contributed by atoms with Crippen molar-refractivity contribution in [2.45, 2.75) is 18.4 Å². The Kier molecular flexibility index (Phi) is 5.70. The van der Waals surface area contributed by atoms with E-state index in [1.807, 2.05) is 36.4 Å². The van der Waals surface area contributed by atoms with Crippen molar-refractivity contribution in [2.24, 2.45) is 0 Å². The topological polar surface area (TPSA) is 41.1 Å². The Bertz CT molecular complexity index is 930. The molecule has 2 atom stereocenters. The van der Waals surface area contributed by atoms with Crippen molar-refractivity contribution >= 4 is 20.0 Å². The first-order valence-corrected chi connectivity index (χ1v) is 11.6. The zero-order valence-corrected chi connectivity index (χ0v) is 17.1. The third-order valence-corrected chi connectivity index (χ3v) is 8.42. The van der Waals surface area contributed by atoms with Gasteiger partial charge in [0.1, 0.15) is 0 Å². The third kappa shape index (κ3) is 4.08. The average molecular weight is 386 g/mol. The van der Waals surface area contributed by atoms with Crippen LogP contribution in [0.4, 0.5) is 10.5 Å². The zero-order valence-electron chi connectivity index (χ0n) is 16.1. The van der Waals surface area contributed by atoms with Crippen molar-refractivity contribution in [2.75, 3.05) is 18.0 Å². The molecule has 1 radical (unpaired) electrons. The molecule has 4 rings (SSSR count). The van der Waals surface area contributed by atoms with E-state index < -0.39 is 8.80 Å². The Morgan fingerprint density at radius 2 is 1.61 bits per heavy atom. The maximum atomic E-state index is 13.1. The second-order valence-electron chi connectivity index (χ2n) is 7.36. The van der Waals surface area contributed by atoms with E-state index >= 15 is 0 Å². The molecule has 1 aliphatic rings. The minimum Gasteiger partial charge on any atom is -0.331 e. The number of benzene rings is 3. The minimum absolute atomic E-state index is 0.191. The second-order valence-corrected chi connectivity index (χ2v) is 10.1. The number of hydrogen-bond acceptors (Lipinski definition) is 2. The molecule has 4 heteroatoms. The fraction of sp³-hybridized carbons (Fsp3) is 0.208. The summed E-state index contributed by atoms with van der Waals surface area (Å²) in [6.07, 6.45) is 0.819. The van der Waals surface area contributed by atoms with E-state index in [1.54, 1.807) is 0 Å². The van der Waals surface area contributed by atoms with Crippen molar-refractivity contribution in [3.63, 3.8) is 0 Å². The SMILES string of the molecule is CC1[C@H](c2ccccc2)CNC[Si]1C(=O)Nc1cccc(-c2ccccc2)c1. The molecular weight excluding hydrogens is 360 g/mol. The molecule has 1 fully saturated rings. The largest absolute Gasteiger partial charge is 0.331 e. The molecule has 1 heterocycles. The molecule has 1 saturated heterocycles. The molecule has 0 saturated carbocycles.